The van der Waals surface area contributed by atoms with Gasteiger partial charge in [0.05, 0.1) is 6.42 Å². The maximum atomic E-state index is 10.8. The van der Waals surface area contributed by atoms with Crippen LogP contribution in [0.1, 0.15) is 6.42 Å². The molecule has 1 heterocycles. The van der Waals surface area contributed by atoms with Crippen molar-refractivity contribution in [3.8, 4) is 0 Å². The van der Waals surface area contributed by atoms with Gasteiger partial charge in [0, 0.05) is 0 Å². The van der Waals surface area contributed by atoms with Crippen LogP contribution in [0, 0.1) is 0 Å². The van der Waals surface area contributed by atoms with E-state index in [1.165, 1.54) is 0 Å². The van der Waals surface area contributed by atoms with Crippen molar-refractivity contribution in [2.24, 2.45) is 0 Å². The molecule has 0 bridgehead atoms. The summed E-state index contributed by atoms with van der Waals surface area (Å²) in [5, 5.41) is 24.2. The normalized spacial score (nSPS) is 33.3. The zero-order chi connectivity index (χ0) is 10.2. The van der Waals surface area contributed by atoms with Crippen LogP contribution >= 0.6 is 11.8 Å². The first kappa shape index (κ1) is 10.0. The van der Waals surface area contributed by atoms with Crippen LogP contribution in [0.5, 0.6) is 0 Å². The molecule has 0 amide bonds. The Morgan fingerprint density at radius 3 is 2.31 bits per heavy atom. The Balaban J connectivity index is 3.01. The minimum atomic E-state index is -2.46. The maximum absolute atomic E-state index is 10.8. The van der Waals surface area contributed by atoms with E-state index in [0.717, 1.165) is 0 Å². The molecule has 6 nitrogen and oxygen atoms in total. The lowest BCUT2D eigenvalue weighted by Crippen LogP contribution is -2.48. The average molecular weight is 206 g/mol. The van der Waals surface area contributed by atoms with E-state index in [-0.39, 0.29) is 0 Å². The van der Waals surface area contributed by atoms with E-state index in [1.54, 1.807) is 0 Å². The summed E-state index contributed by atoms with van der Waals surface area (Å²) in [5.74, 6) is -3.18. The topological polar surface area (TPSA) is 112 Å². The third-order valence-electron chi connectivity index (χ3n) is 1.69. The Morgan fingerprint density at radius 2 is 2.00 bits per heavy atom. The van der Waals surface area contributed by atoms with Crippen molar-refractivity contribution in [3.05, 3.63) is 0 Å². The van der Waals surface area contributed by atoms with Gasteiger partial charge in [-0.05, 0) is 0 Å². The van der Waals surface area contributed by atoms with Crippen molar-refractivity contribution in [1.82, 2.24) is 0 Å². The van der Waals surface area contributed by atoms with Crippen LogP contribution < -0.4 is 0 Å². The Morgan fingerprint density at radius 1 is 1.46 bits per heavy atom. The van der Waals surface area contributed by atoms with Crippen molar-refractivity contribution in [1.29, 1.82) is 0 Å². The third-order valence-corrected chi connectivity index (χ3v) is 2.93. The summed E-state index contributed by atoms with van der Waals surface area (Å²) in [4.78, 5) is 31.7. The molecule has 0 aromatic heterocycles. The molecule has 0 unspecified atom stereocenters. The lowest BCUT2D eigenvalue weighted by molar-refractivity contribution is -0.164. The van der Waals surface area contributed by atoms with Gasteiger partial charge in [0.15, 0.2) is 10.7 Å². The minimum absolute atomic E-state index is 0.340. The van der Waals surface area contributed by atoms with Gasteiger partial charge in [-0.3, -0.25) is 9.59 Å². The number of aliphatic hydroxyl groups is 1. The number of hydrogen-bond donors (Lipinski definition) is 3. The fraction of sp³-hybridized carbons (Fsp3) is 0.500. The highest BCUT2D eigenvalue weighted by Crippen LogP contribution is 2.37. The summed E-state index contributed by atoms with van der Waals surface area (Å²) in [6.07, 6.45) is -0.663. The van der Waals surface area contributed by atoms with Gasteiger partial charge in [0.25, 0.3) is 0 Å². The number of carbonyl (C=O) groups excluding carboxylic acids is 1. The molecule has 1 fully saturated rings. The second-order valence-electron chi connectivity index (χ2n) is 2.61. The van der Waals surface area contributed by atoms with E-state index in [2.05, 4.69) is 0 Å². The summed E-state index contributed by atoms with van der Waals surface area (Å²) < 4.78 is 0. The van der Waals surface area contributed by atoms with Gasteiger partial charge in [-0.25, -0.2) is 4.79 Å². The molecule has 1 aliphatic heterocycles. The van der Waals surface area contributed by atoms with Crippen LogP contribution in [0.2, 0.25) is 0 Å². The van der Waals surface area contributed by atoms with Gasteiger partial charge < -0.3 is 15.3 Å². The largest absolute Gasteiger partial charge is 0.480 e. The first-order chi connectivity index (χ1) is 5.88. The summed E-state index contributed by atoms with van der Waals surface area (Å²) in [7, 11) is 0. The summed E-state index contributed by atoms with van der Waals surface area (Å²) in [5.41, 5.74) is -2.46. The molecule has 3 N–H and O–H groups in total. The molecule has 13 heavy (non-hydrogen) atoms. The van der Waals surface area contributed by atoms with Gasteiger partial charge in [0.1, 0.15) is 5.25 Å². The van der Waals surface area contributed by atoms with Gasteiger partial charge in [-0.2, -0.15) is 0 Å². The minimum Gasteiger partial charge on any atom is -0.480 e. The molecule has 0 spiro atoms. The van der Waals surface area contributed by atoms with E-state index in [0.29, 0.717) is 11.8 Å². The predicted octanol–water partition coefficient (Wildman–Crippen LogP) is -1.08. The number of carboxylic acids is 2. The van der Waals surface area contributed by atoms with Crippen LogP contribution in [0.25, 0.3) is 0 Å². The average Bonchev–Trinajstić information content (AvgIpc) is 2.27. The highest BCUT2D eigenvalue weighted by molar-refractivity contribution is 8.15. The SMILES string of the molecule is O=C1C[C@@](O)(C(=O)O)[C@H](C(=O)O)S1. The highest BCUT2D eigenvalue weighted by Gasteiger charge is 2.56. The van der Waals surface area contributed by atoms with Crippen LogP contribution in [-0.4, -0.2) is 43.2 Å². The number of carboxylic acid groups (broad SMARTS) is 2. The molecule has 0 aliphatic carbocycles. The Bertz CT molecular complexity index is 287. The van der Waals surface area contributed by atoms with Crippen molar-refractivity contribution < 1.29 is 29.7 Å². The van der Waals surface area contributed by atoms with Crippen LogP contribution in [-0.2, 0) is 14.4 Å². The van der Waals surface area contributed by atoms with E-state index < -0.39 is 34.3 Å². The zero-order valence-corrected chi connectivity index (χ0v) is 7.08. The lowest BCUT2D eigenvalue weighted by atomic mass is 9.96. The standard InChI is InChI=1S/C6H6O6S/c7-2-1-6(12,5(10)11)3(13-2)4(8)9/h3,12H,1H2,(H,8,9)(H,10,11)/t3-,6-/m0/s1. The Kier molecular flexibility index (Phi) is 2.31. The molecule has 0 aromatic rings. The summed E-state index contributed by atoms with van der Waals surface area (Å²) in [6, 6.07) is 0. The van der Waals surface area contributed by atoms with E-state index >= 15 is 0 Å². The van der Waals surface area contributed by atoms with Gasteiger partial charge in [-0.15, -0.1) is 0 Å². The first-order valence-corrected chi connectivity index (χ1v) is 4.14. The highest BCUT2D eigenvalue weighted by atomic mass is 32.2. The van der Waals surface area contributed by atoms with Gasteiger partial charge >= 0.3 is 11.9 Å². The van der Waals surface area contributed by atoms with Gasteiger partial charge in [-0.1, -0.05) is 11.8 Å². The lowest BCUT2D eigenvalue weighted by Gasteiger charge is -2.19. The quantitative estimate of drug-likeness (QED) is 0.526. The van der Waals surface area contributed by atoms with Crippen LogP contribution in [0.3, 0.4) is 0 Å². The number of thioether (sulfide) groups is 1. The summed E-state index contributed by atoms with van der Waals surface area (Å²) >= 11 is 0.340. The smallest absolute Gasteiger partial charge is 0.338 e. The molecular formula is C6H6O6S. The molecule has 0 saturated carbocycles. The Hall–Kier alpha value is -1.08. The van der Waals surface area contributed by atoms with E-state index in [9.17, 15) is 19.5 Å². The second kappa shape index (κ2) is 3.00. The van der Waals surface area contributed by atoms with Gasteiger partial charge in [0.2, 0.25) is 0 Å². The van der Waals surface area contributed by atoms with Crippen LogP contribution in [0.4, 0.5) is 0 Å². The molecule has 0 radical (unpaired) electrons. The summed E-state index contributed by atoms with van der Waals surface area (Å²) in [6.45, 7) is 0. The fourth-order valence-electron chi connectivity index (χ4n) is 1.03. The molecule has 1 rings (SSSR count). The molecule has 1 saturated heterocycles. The molecule has 2 atom stereocenters. The van der Waals surface area contributed by atoms with E-state index in [1.807, 2.05) is 0 Å². The zero-order valence-electron chi connectivity index (χ0n) is 6.26. The molecular weight excluding hydrogens is 200 g/mol. The molecule has 0 aromatic carbocycles. The molecule has 72 valence electrons. The second-order valence-corrected chi connectivity index (χ2v) is 3.78. The Labute approximate surface area is 76.5 Å². The number of carbonyl (C=O) groups is 3. The fourth-order valence-corrected chi connectivity index (χ4v) is 2.07. The maximum Gasteiger partial charge on any atom is 0.338 e. The number of hydrogen-bond acceptors (Lipinski definition) is 5. The van der Waals surface area contributed by atoms with Crippen molar-refractivity contribution in [2.75, 3.05) is 0 Å². The number of aliphatic carboxylic acids is 2. The van der Waals surface area contributed by atoms with Crippen molar-refractivity contribution >= 4 is 28.8 Å². The third kappa shape index (κ3) is 1.52. The predicted molar refractivity (Wildman–Crippen MR) is 41.2 cm³/mol. The monoisotopic (exact) mass is 206 g/mol. The van der Waals surface area contributed by atoms with Crippen molar-refractivity contribution in [2.45, 2.75) is 17.3 Å². The first-order valence-electron chi connectivity index (χ1n) is 3.26. The molecule has 1 aliphatic rings. The molecule has 7 heteroatoms. The number of rotatable bonds is 2. The van der Waals surface area contributed by atoms with E-state index in [4.69, 9.17) is 10.2 Å². The van der Waals surface area contributed by atoms with Crippen molar-refractivity contribution in [3.63, 3.8) is 0 Å². The van der Waals surface area contributed by atoms with Crippen LogP contribution in [0.15, 0.2) is 0 Å².